The summed E-state index contributed by atoms with van der Waals surface area (Å²) in [5.41, 5.74) is 2.91. The third-order valence-corrected chi connectivity index (χ3v) is 4.21. The fraction of sp³-hybridized carbons (Fsp3) is 0.350. The van der Waals surface area contributed by atoms with Crippen LogP contribution in [0.5, 0.6) is 0 Å². The lowest BCUT2D eigenvalue weighted by Gasteiger charge is -2.18. The van der Waals surface area contributed by atoms with E-state index < -0.39 is 0 Å². The summed E-state index contributed by atoms with van der Waals surface area (Å²) in [6.07, 6.45) is 0.999. The van der Waals surface area contributed by atoms with Gasteiger partial charge in [0.2, 0.25) is 5.91 Å². The summed E-state index contributed by atoms with van der Waals surface area (Å²) in [5.74, 6) is -0.368. The van der Waals surface area contributed by atoms with Gasteiger partial charge in [-0.1, -0.05) is 49.4 Å². The van der Waals surface area contributed by atoms with Crippen LogP contribution in [0.1, 0.15) is 49.5 Å². The number of carbonyl (C=O) groups is 1. The van der Waals surface area contributed by atoms with Crippen molar-refractivity contribution in [2.75, 3.05) is 6.54 Å². The van der Waals surface area contributed by atoms with Crippen molar-refractivity contribution < 1.29 is 9.18 Å². The third-order valence-electron chi connectivity index (χ3n) is 4.21. The number of rotatable bonds is 7. The summed E-state index contributed by atoms with van der Waals surface area (Å²) < 4.78 is 13.7. The topological polar surface area (TPSA) is 41.1 Å². The molecule has 1 amide bonds. The highest BCUT2D eigenvalue weighted by atomic mass is 19.1. The summed E-state index contributed by atoms with van der Waals surface area (Å²) in [5, 5.41) is 6.02. The zero-order valence-electron chi connectivity index (χ0n) is 14.5. The predicted molar refractivity (Wildman–Crippen MR) is 95.2 cm³/mol. The van der Waals surface area contributed by atoms with Crippen LogP contribution >= 0.6 is 0 Å². The number of benzene rings is 2. The predicted octanol–water partition coefficient (Wildman–Crippen LogP) is 3.92. The van der Waals surface area contributed by atoms with Gasteiger partial charge < -0.3 is 10.6 Å². The first-order valence-corrected chi connectivity index (χ1v) is 8.37. The highest BCUT2D eigenvalue weighted by Gasteiger charge is 2.13. The molecule has 2 rings (SSSR count). The van der Waals surface area contributed by atoms with Gasteiger partial charge in [0.1, 0.15) is 5.82 Å². The van der Waals surface area contributed by atoms with Crippen LogP contribution in [-0.2, 0) is 11.2 Å². The van der Waals surface area contributed by atoms with Crippen molar-refractivity contribution in [3.63, 3.8) is 0 Å². The fourth-order valence-corrected chi connectivity index (χ4v) is 2.60. The molecule has 0 radical (unpaired) electrons. The van der Waals surface area contributed by atoms with Gasteiger partial charge in [0, 0.05) is 11.6 Å². The van der Waals surface area contributed by atoms with E-state index in [1.807, 2.05) is 26.0 Å². The van der Waals surface area contributed by atoms with E-state index in [9.17, 15) is 9.18 Å². The highest BCUT2D eigenvalue weighted by Crippen LogP contribution is 2.16. The Morgan fingerprint density at radius 2 is 1.71 bits per heavy atom. The van der Waals surface area contributed by atoms with Crippen LogP contribution in [0.4, 0.5) is 4.39 Å². The van der Waals surface area contributed by atoms with Gasteiger partial charge in [0.25, 0.3) is 0 Å². The maximum absolute atomic E-state index is 13.7. The number of nitrogens with one attached hydrogen (secondary N) is 2. The van der Waals surface area contributed by atoms with Gasteiger partial charge in [-0.25, -0.2) is 4.39 Å². The molecule has 0 bridgehead atoms. The monoisotopic (exact) mass is 328 g/mol. The molecule has 0 aliphatic rings. The van der Waals surface area contributed by atoms with Crippen molar-refractivity contribution in [3.05, 3.63) is 71.0 Å². The van der Waals surface area contributed by atoms with E-state index in [1.165, 1.54) is 11.6 Å². The molecule has 0 aliphatic carbocycles. The van der Waals surface area contributed by atoms with Crippen molar-refractivity contribution in [2.45, 2.75) is 39.3 Å². The van der Waals surface area contributed by atoms with Crippen LogP contribution in [0.25, 0.3) is 0 Å². The number of carbonyl (C=O) groups excluding carboxylic acids is 1. The van der Waals surface area contributed by atoms with Gasteiger partial charge in [-0.05, 0) is 37.5 Å². The lowest BCUT2D eigenvalue weighted by molar-refractivity contribution is -0.121. The Hall–Kier alpha value is -2.20. The number of hydrogen-bond donors (Lipinski definition) is 2. The third kappa shape index (κ3) is 4.90. The molecule has 4 heteroatoms. The second kappa shape index (κ2) is 8.60. The van der Waals surface area contributed by atoms with E-state index >= 15 is 0 Å². The highest BCUT2D eigenvalue weighted by molar-refractivity contribution is 5.78. The van der Waals surface area contributed by atoms with Gasteiger partial charge in [-0.15, -0.1) is 0 Å². The molecule has 0 aromatic heterocycles. The van der Waals surface area contributed by atoms with E-state index in [-0.39, 0.29) is 30.4 Å². The number of amides is 1. The van der Waals surface area contributed by atoms with Crippen LogP contribution in [0.2, 0.25) is 0 Å². The largest absolute Gasteiger partial charge is 0.348 e. The Bertz CT molecular complexity index is 670. The molecular weight excluding hydrogens is 303 g/mol. The minimum absolute atomic E-state index is 0.0611. The zero-order valence-corrected chi connectivity index (χ0v) is 14.5. The summed E-state index contributed by atoms with van der Waals surface area (Å²) >= 11 is 0. The van der Waals surface area contributed by atoms with Crippen LogP contribution in [0, 0.1) is 5.82 Å². The number of halogens is 1. The Labute approximate surface area is 143 Å². The summed E-state index contributed by atoms with van der Waals surface area (Å²) in [7, 11) is 0. The molecule has 0 saturated carbocycles. The second-order valence-electron chi connectivity index (χ2n) is 6.01. The van der Waals surface area contributed by atoms with Gasteiger partial charge in [-0.2, -0.15) is 0 Å². The molecule has 128 valence electrons. The van der Waals surface area contributed by atoms with Crippen molar-refractivity contribution in [2.24, 2.45) is 0 Å². The van der Waals surface area contributed by atoms with Crippen LogP contribution in [0.15, 0.2) is 48.5 Å². The molecule has 0 heterocycles. The SMILES string of the molecule is CCc1ccc(C(C)NC(=O)CNC(C)c2ccccc2F)cc1. The maximum atomic E-state index is 13.7. The molecule has 2 N–H and O–H groups in total. The molecule has 2 aromatic carbocycles. The lowest BCUT2D eigenvalue weighted by atomic mass is 10.0. The molecule has 2 aromatic rings. The molecule has 0 spiro atoms. The Morgan fingerprint density at radius 3 is 2.33 bits per heavy atom. The summed E-state index contributed by atoms with van der Waals surface area (Å²) in [6.45, 7) is 6.06. The van der Waals surface area contributed by atoms with Crippen molar-refractivity contribution in [1.82, 2.24) is 10.6 Å². The Morgan fingerprint density at radius 1 is 1.04 bits per heavy atom. The van der Waals surface area contributed by atoms with Gasteiger partial charge in [0.05, 0.1) is 12.6 Å². The van der Waals surface area contributed by atoms with E-state index in [0.717, 1.165) is 12.0 Å². The van der Waals surface area contributed by atoms with Crippen molar-refractivity contribution in [1.29, 1.82) is 0 Å². The first-order valence-electron chi connectivity index (χ1n) is 8.37. The van der Waals surface area contributed by atoms with Gasteiger partial charge >= 0.3 is 0 Å². The average Bonchev–Trinajstić information content (AvgIpc) is 2.60. The first kappa shape index (κ1) is 18.1. The van der Waals surface area contributed by atoms with E-state index in [0.29, 0.717) is 5.56 Å². The smallest absolute Gasteiger partial charge is 0.234 e. The van der Waals surface area contributed by atoms with E-state index in [1.54, 1.807) is 18.2 Å². The van der Waals surface area contributed by atoms with Gasteiger partial charge in [-0.3, -0.25) is 4.79 Å². The normalized spacial score (nSPS) is 13.3. The molecule has 2 atom stereocenters. The molecule has 3 nitrogen and oxygen atoms in total. The molecule has 0 saturated heterocycles. The van der Waals surface area contributed by atoms with Gasteiger partial charge in [0.15, 0.2) is 0 Å². The molecule has 0 fully saturated rings. The fourth-order valence-electron chi connectivity index (χ4n) is 2.60. The molecule has 24 heavy (non-hydrogen) atoms. The minimum atomic E-state index is -0.262. The van der Waals surface area contributed by atoms with E-state index in [2.05, 4.69) is 29.7 Å². The zero-order chi connectivity index (χ0) is 17.5. The number of aryl methyl sites for hydroxylation is 1. The van der Waals surface area contributed by atoms with Crippen LogP contribution in [0.3, 0.4) is 0 Å². The minimum Gasteiger partial charge on any atom is -0.348 e. The van der Waals surface area contributed by atoms with Crippen LogP contribution < -0.4 is 10.6 Å². The second-order valence-corrected chi connectivity index (χ2v) is 6.01. The quantitative estimate of drug-likeness (QED) is 0.809. The summed E-state index contributed by atoms with van der Waals surface area (Å²) in [6, 6.07) is 14.6. The van der Waals surface area contributed by atoms with Crippen molar-refractivity contribution in [3.8, 4) is 0 Å². The lowest BCUT2D eigenvalue weighted by Crippen LogP contribution is -2.36. The Kier molecular flexibility index (Phi) is 6.50. The molecule has 0 aliphatic heterocycles. The van der Waals surface area contributed by atoms with Crippen LogP contribution in [-0.4, -0.2) is 12.5 Å². The van der Waals surface area contributed by atoms with E-state index in [4.69, 9.17) is 0 Å². The maximum Gasteiger partial charge on any atom is 0.234 e. The average molecular weight is 328 g/mol. The summed E-state index contributed by atoms with van der Waals surface area (Å²) in [4.78, 5) is 12.1. The number of hydrogen-bond acceptors (Lipinski definition) is 2. The molecular formula is C20H25FN2O. The Balaban J connectivity index is 1.85. The molecule has 2 unspecified atom stereocenters. The standard InChI is InChI=1S/C20H25FN2O/c1-4-16-9-11-17(12-10-16)14(2)23-20(24)13-22-15(3)18-7-5-6-8-19(18)21/h5-12,14-15,22H,4,13H2,1-3H3,(H,23,24). The van der Waals surface area contributed by atoms with Crippen molar-refractivity contribution >= 4 is 5.91 Å². The first-order chi connectivity index (χ1) is 11.5.